The number of hydrogen-bond donors (Lipinski definition) is 0. The maximum Gasteiger partial charge on any atom is 0.410 e. The minimum absolute atomic E-state index is 0.0591. The number of amides is 2. The number of fused-ring (bicyclic) bond motifs is 1. The monoisotopic (exact) mass is 454 g/mol. The maximum atomic E-state index is 12.8. The highest BCUT2D eigenvalue weighted by molar-refractivity contribution is 6.31. The summed E-state index contributed by atoms with van der Waals surface area (Å²) in [5.74, 6) is -0.0591. The summed E-state index contributed by atoms with van der Waals surface area (Å²) in [4.78, 5) is 28.8. The van der Waals surface area contributed by atoms with Crippen molar-refractivity contribution < 1.29 is 14.3 Å². The normalized spacial score (nSPS) is 13.7. The molecule has 2 amide bonds. The fourth-order valence-electron chi connectivity index (χ4n) is 3.72. The molecular formula is C26H31ClN2O3. The lowest BCUT2D eigenvalue weighted by Crippen LogP contribution is -2.40. The third kappa shape index (κ3) is 6.13. The van der Waals surface area contributed by atoms with Gasteiger partial charge in [-0.3, -0.25) is 4.79 Å². The van der Waals surface area contributed by atoms with E-state index in [9.17, 15) is 9.59 Å². The van der Waals surface area contributed by atoms with E-state index in [-0.39, 0.29) is 12.0 Å². The molecule has 2 aromatic rings. The molecule has 0 aromatic heterocycles. The van der Waals surface area contributed by atoms with Gasteiger partial charge < -0.3 is 14.5 Å². The van der Waals surface area contributed by atoms with Gasteiger partial charge in [0.25, 0.3) is 0 Å². The molecule has 0 radical (unpaired) electrons. The van der Waals surface area contributed by atoms with E-state index in [4.69, 9.17) is 16.3 Å². The number of rotatable bonds is 5. The molecular weight excluding hydrogens is 424 g/mol. The lowest BCUT2D eigenvalue weighted by Gasteiger charge is -2.31. The quantitative estimate of drug-likeness (QED) is 0.545. The summed E-state index contributed by atoms with van der Waals surface area (Å²) in [5, 5.41) is 0.661. The van der Waals surface area contributed by atoms with Crippen LogP contribution >= 0.6 is 11.6 Å². The Kier molecular flexibility index (Phi) is 7.62. The highest BCUT2D eigenvalue weighted by Gasteiger charge is 2.26. The van der Waals surface area contributed by atoms with Crippen molar-refractivity contribution in [3.63, 3.8) is 0 Å². The van der Waals surface area contributed by atoms with E-state index in [0.29, 0.717) is 31.2 Å². The molecule has 170 valence electrons. The SMILES string of the molecule is CCN(Cc1ccccc1Cl)C(=O)C=Cc1cccc2c1CCN(C(=O)OC(C)(C)C)C2. The Balaban J connectivity index is 1.71. The summed E-state index contributed by atoms with van der Waals surface area (Å²) < 4.78 is 5.51. The van der Waals surface area contributed by atoms with Gasteiger partial charge >= 0.3 is 6.09 Å². The molecule has 0 N–H and O–H groups in total. The molecule has 3 rings (SSSR count). The molecule has 2 aromatic carbocycles. The first-order chi connectivity index (χ1) is 15.2. The summed E-state index contributed by atoms with van der Waals surface area (Å²) in [5.41, 5.74) is 3.67. The minimum Gasteiger partial charge on any atom is -0.444 e. The van der Waals surface area contributed by atoms with Gasteiger partial charge in [0.05, 0.1) is 0 Å². The lowest BCUT2D eigenvalue weighted by atomic mass is 9.94. The van der Waals surface area contributed by atoms with E-state index in [1.165, 1.54) is 5.56 Å². The number of ether oxygens (including phenoxy) is 1. The molecule has 0 fully saturated rings. The van der Waals surface area contributed by atoms with E-state index in [0.717, 1.165) is 23.1 Å². The van der Waals surface area contributed by atoms with Crippen LogP contribution in [0.4, 0.5) is 4.79 Å². The molecule has 1 aliphatic heterocycles. The van der Waals surface area contributed by atoms with Crippen molar-refractivity contribution in [2.24, 2.45) is 0 Å². The van der Waals surface area contributed by atoms with Crippen molar-refractivity contribution in [3.8, 4) is 0 Å². The second-order valence-electron chi connectivity index (χ2n) is 8.91. The molecule has 0 bridgehead atoms. The van der Waals surface area contributed by atoms with Crippen molar-refractivity contribution >= 4 is 29.7 Å². The first kappa shape index (κ1) is 23.9. The van der Waals surface area contributed by atoms with E-state index in [2.05, 4.69) is 0 Å². The van der Waals surface area contributed by atoms with Gasteiger partial charge in [-0.2, -0.15) is 0 Å². The fourth-order valence-corrected chi connectivity index (χ4v) is 3.92. The number of nitrogens with zero attached hydrogens (tertiary/aromatic N) is 2. The van der Waals surface area contributed by atoms with Gasteiger partial charge in [-0.05, 0) is 68.5 Å². The van der Waals surface area contributed by atoms with Crippen molar-refractivity contribution in [3.05, 3.63) is 75.8 Å². The zero-order chi connectivity index (χ0) is 23.3. The molecule has 1 aliphatic rings. The molecule has 0 atom stereocenters. The zero-order valence-electron chi connectivity index (χ0n) is 19.2. The van der Waals surface area contributed by atoms with Crippen LogP contribution in [0.25, 0.3) is 6.08 Å². The summed E-state index contributed by atoms with van der Waals surface area (Å²) in [6, 6.07) is 13.6. The lowest BCUT2D eigenvalue weighted by molar-refractivity contribution is -0.126. The fraction of sp³-hybridized carbons (Fsp3) is 0.385. The smallest absolute Gasteiger partial charge is 0.410 e. The van der Waals surface area contributed by atoms with Crippen LogP contribution < -0.4 is 0 Å². The average molecular weight is 455 g/mol. The Morgan fingerprint density at radius 3 is 2.59 bits per heavy atom. The largest absolute Gasteiger partial charge is 0.444 e. The molecule has 1 heterocycles. The van der Waals surface area contributed by atoms with Crippen LogP contribution in [0.1, 0.15) is 49.9 Å². The number of likely N-dealkylation sites (N-methyl/N-ethyl adjacent to an activating group) is 1. The average Bonchev–Trinajstić information content (AvgIpc) is 2.75. The first-order valence-electron chi connectivity index (χ1n) is 11.0. The molecule has 0 saturated carbocycles. The highest BCUT2D eigenvalue weighted by Crippen LogP contribution is 2.25. The first-order valence-corrected chi connectivity index (χ1v) is 11.3. The molecule has 0 unspecified atom stereocenters. The van der Waals surface area contributed by atoms with Crippen molar-refractivity contribution in [1.82, 2.24) is 9.80 Å². The van der Waals surface area contributed by atoms with Gasteiger partial charge in [-0.25, -0.2) is 4.79 Å². The predicted molar refractivity (Wildman–Crippen MR) is 128 cm³/mol. The van der Waals surface area contributed by atoms with Crippen LogP contribution in [0.3, 0.4) is 0 Å². The van der Waals surface area contributed by atoms with Crippen LogP contribution in [0.5, 0.6) is 0 Å². The standard InChI is InChI=1S/C26H31ClN2O3/c1-5-28(18-21-9-6-7-12-23(21)27)24(30)14-13-19-10-8-11-20-17-29(16-15-22(19)20)25(31)32-26(2,3)4/h6-14H,5,15-18H2,1-4H3. The number of halogens is 1. The van der Waals surface area contributed by atoms with E-state index >= 15 is 0 Å². The zero-order valence-corrected chi connectivity index (χ0v) is 20.0. The van der Waals surface area contributed by atoms with Gasteiger partial charge in [-0.1, -0.05) is 48.0 Å². The van der Waals surface area contributed by atoms with Crippen LogP contribution in [0, 0.1) is 0 Å². The van der Waals surface area contributed by atoms with Gasteiger partial charge in [0.15, 0.2) is 0 Å². The molecule has 0 spiro atoms. The molecule has 32 heavy (non-hydrogen) atoms. The number of benzene rings is 2. The Labute approximate surface area is 195 Å². The molecule has 5 nitrogen and oxygen atoms in total. The van der Waals surface area contributed by atoms with Gasteiger partial charge in [0, 0.05) is 37.3 Å². The Morgan fingerprint density at radius 2 is 1.91 bits per heavy atom. The predicted octanol–water partition coefficient (Wildman–Crippen LogP) is 5.70. The maximum absolute atomic E-state index is 12.8. The highest BCUT2D eigenvalue weighted by atomic mass is 35.5. The molecule has 0 aliphatic carbocycles. The third-order valence-corrected chi connectivity index (χ3v) is 5.74. The van der Waals surface area contributed by atoms with Gasteiger partial charge in [-0.15, -0.1) is 0 Å². The van der Waals surface area contributed by atoms with Crippen LogP contribution in [-0.2, 0) is 29.0 Å². The Bertz CT molecular complexity index is 1010. The minimum atomic E-state index is -0.516. The van der Waals surface area contributed by atoms with Crippen LogP contribution in [-0.4, -0.2) is 40.5 Å². The summed E-state index contributed by atoms with van der Waals surface area (Å²) >= 11 is 6.26. The Hall–Kier alpha value is -2.79. The van der Waals surface area contributed by atoms with Crippen LogP contribution in [0.15, 0.2) is 48.5 Å². The molecule has 6 heteroatoms. The third-order valence-electron chi connectivity index (χ3n) is 5.37. The second-order valence-corrected chi connectivity index (χ2v) is 9.32. The summed E-state index contributed by atoms with van der Waals surface area (Å²) in [6.45, 7) is 9.72. The number of carbonyl (C=O) groups excluding carboxylic acids is 2. The summed E-state index contributed by atoms with van der Waals surface area (Å²) in [6.07, 6.45) is 3.92. The van der Waals surface area contributed by atoms with Crippen LogP contribution in [0.2, 0.25) is 5.02 Å². The van der Waals surface area contributed by atoms with E-state index in [1.54, 1.807) is 15.9 Å². The van der Waals surface area contributed by atoms with Gasteiger partial charge in [0.1, 0.15) is 5.60 Å². The summed E-state index contributed by atoms with van der Waals surface area (Å²) in [7, 11) is 0. The van der Waals surface area contributed by atoms with E-state index in [1.807, 2.05) is 76.2 Å². The number of hydrogen-bond acceptors (Lipinski definition) is 3. The Morgan fingerprint density at radius 1 is 1.16 bits per heavy atom. The van der Waals surface area contributed by atoms with Crippen molar-refractivity contribution in [1.29, 1.82) is 0 Å². The number of carbonyl (C=O) groups is 2. The topological polar surface area (TPSA) is 49.9 Å². The second kappa shape index (κ2) is 10.2. The van der Waals surface area contributed by atoms with Crippen molar-refractivity contribution in [2.75, 3.05) is 13.1 Å². The van der Waals surface area contributed by atoms with Crippen molar-refractivity contribution in [2.45, 2.75) is 52.8 Å². The van der Waals surface area contributed by atoms with E-state index < -0.39 is 5.60 Å². The van der Waals surface area contributed by atoms with Gasteiger partial charge in [0.2, 0.25) is 5.91 Å². The molecule has 0 saturated heterocycles.